The molecule has 1 aromatic rings. The van der Waals surface area contributed by atoms with Crippen molar-refractivity contribution in [2.75, 3.05) is 6.61 Å². The lowest BCUT2D eigenvalue weighted by molar-refractivity contribution is 0.289. The molecule has 0 atom stereocenters. The molecule has 0 saturated heterocycles. The van der Waals surface area contributed by atoms with E-state index in [-0.39, 0.29) is 4.90 Å². The van der Waals surface area contributed by atoms with Gasteiger partial charge in [-0.3, -0.25) is 0 Å². The molecule has 5 heteroatoms. The summed E-state index contributed by atoms with van der Waals surface area (Å²) in [5.41, 5.74) is 1.66. The van der Waals surface area contributed by atoms with Gasteiger partial charge in [-0.2, -0.15) is 0 Å². The molecule has 0 amide bonds. The summed E-state index contributed by atoms with van der Waals surface area (Å²) in [6.07, 6.45) is 1.95. The van der Waals surface area contributed by atoms with Crippen molar-refractivity contribution in [1.29, 1.82) is 0 Å². The van der Waals surface area contributed by atoms with E-state index in [1.807, 2.05) is 19.9 Å². The molecule has 0 bridgehead atoms. The first-order chi connectivity index (χ1) is 8.71. The smallest absolute Gasteiger partial charge is 0.241 e. The maximum absolute atomic E-state index is 11.6. The zero-order valence-corrected chi connectivity index (χ0v) is 12.9. The SMILES string of the molecule is Cc1cc(C)c(OCCCC(C)C)c(S(N)(=O)=O)c1. The molecule has 0 aromatic heterocycles. The minimum atomic E-state index is -3.76. The van der Waals surface area contributed by atoms with Crippen LogP contribution in [-0.4, -0.2) is 15.0 Å². The summed E-state index contributed by atoms with van der Waals surface area (Å²) in [7, 11) is -3.76. The zero-order valence-electron chi connectivity index (χ0n) is 12.1. The molecule has 1 rings (SSSR count). The zero-order chi connectivity index (χ0) is 14.6. The molecule has 0 aliphatic heterocycles. The molecule has 0 aliphatic rings. The van der Waals surface area contributed by atoms with Gasteiger partial charge < -0.3 is 4.74 Å². The summed E-state index contributed by atoms with van der Waals surface area (Å²) in [5.74, 6) is 0.997. The number of rotatable bonds is 6. The largest absolute Gasteiger partial charge is 0.492 e. The van der Waals surface area contributed by atoms with Crippen LogP contribution in [0.4, 0.5) is 0 Å². The Morgan fingerprint density at radius 1 is 1.26 bits per heavy atom. The topological polar surface area (TPSA) is 69.4 Å². The first-order valence-corrected chi connectivity index (χ1v) is 8.03. The Bertz CT molecular complexity index is 536. The molecule has 0 radical (unpaired) electrons. The molecule has 4 nitrogen and oxygen atoms in total. The van der Waals surface area contributed by atoms with Crippen molar-refractivity contribution < 1.29 is 13.2 Å². The molecule has 0 aliphatic carbocycles. The van der Waals surface area contributed by atoms with Gasteiger partial charge in [0.1, 0.15) is 10.6 Å². The fourth-order valence-electron chi connectivity index (χ4n) is 1.98. The molecule has 0 fully saturated rings. The van der Waals surface area contributed by atoms with Crippen molar-refractivity contribution in [3.63, 3.8) is 0 Å². The third kappa shape index (κ3) is 4.84. The van der Waals surface area contributed by atoms with Gasteiger partial charge in [-0.05, 0) is 49.8 Å². The summed E-state index contributed by atoms with van der Waals surface area (Å²) in [4.78, 5) is 0.0783. The van der Waals surface area contributed by atoms with Crippen LogP contribution in [0.2, 0.25) is 0 Å². The van der Waals surface area contributed by atoms with Gasteiger partial charge in [0.15, 0.2) is 0 Å². The molecule has 1 aromatic carbocycles. The molecule has 0 unspecified atom stereocenters. The molecular formula is C14H23NO3S. The van der Waals surface area contributed by atoms with Gasteiger partial charge in [0.05, 0.1) is 6.61 Å². The maximum Gasteiger partial charge on any atom is 0.241 e. The Labute approximate surface area is 116 Å². The van der Waals surface area contributed by atoms with E-state index < -0.39 is 10.0 Å². The quantitative estimate of drug-likeness (QED) is 0.817. The number of aryl methyl sites for hydroxylation is 2. The van der Waals surface area contributed by atoms with Crippen LogP contribution in [0.1, 0.15) is 37.8 Å². The van der Waals surface area contributed by atoms with Crippen LogP contribution in [0.3, 0.4) is 0 Å². The van der Waals surface area contributed by atoms with Crippen molar-refractivity contribution in [2.24, 2.45) is 11.1 Å². The summed E-state index contributed by atoms with van der Waals surface area (Å²) in [6.45, 7) is 8.47. The second kappa shape index (κ2) is 6.39. The molecule has 2 N–H and O–H groups in total. The lowest BCUT2D eigenvalue weighted by atomic mass is 10.1. The Morgan fingerprint density at radius 2 is 1.89 bits per heavy atom. The van der Waals surface area contributed by atoms with E-state index in [1.165, 1.54) is 0 Å². The Hall–Kier alpha value is -1.07. The lowest BCUT2D eigenvalue weighted by Gasteiger charge is -2.14. The monoisotopic (exact) mass is 285 g/mol. The summed E-state index contributed by atoms with van der Waals surface area (Å²) in [6, 6.07) is 3.45. The van der Waals surface area contributed by atoms with E-state index in [0.29, 0.717) is 18.3 Å². The number of hydrogen-bond acceptors (Lipinski definition) is 3. The molecule has 0 saturated carbocycles. The van der Waals surface area contributed by atoms with Crippen molar-refractivity contribution in [3.05, 3.63) is 23.3 Å². The number of ether oxygens (including phenoxy) is 1. The lowest BCUT2D eigenvalue weighted by Crippen LogP contribution is -2.15. The Kier molecular flexibility index (Phi) is 5.38. The Balaban J connectivity index is 2.93. The fourth-order valence-corrected chi connectivity index (χ4v) is 2.81. The number of primary sulfonamides is 1. The highest BCUT2D eigenvalue weighted by atomic mass is 32.2. The third-order valence-electron chi connectivity index (χ3n) is 2.86. The van der Waals surface area contributed by atoms with E-state index in [2.05, 4.69) is 13.8 Å². The van der Waals surface area contributed by atoms with Gasteiger partial charge in [-0.1, -0.05) is 19.9 Å². The van der Waals surface area contributed by atoms with Crippen LogP contribution < -0.4 is 9.88 Å². The van der Waals surface area contributed by atoms with Crippen LogP contribution in [0, 0.1) is 19.8 Å². The number of nitrogens with two attached hydrogens (primary N) is 1. The second-order valence-electron chi connectivity index (χ2n) is 5.34. The Morgan fingerprint density at radius 3 is 2.42 bits per heavy atom. The van der Waals surface area contributed by atoms with Crippen LogP contribution in [-0.2, 0) is 10.0 Å². The van der Waals surface area contributed by atoms with E-state index in [4.69, 9.17) is 9.88 Å². The minimum Gasteiger partial charge on any atom is -0.492 e. The average molecular weight is 285 g/mol. The highest BCUT2D eigenvalue weighted by Gasteiger charge is 2.18. The number of benzene rings is 1. The maximum atomic E-state index is 11.6. The van der Waals surface area contributed by atoms with E-state index in [0.717, 1.165) is 24.0 Å². The van der Waals surface area contributed by atoms with Crippen LogP contribution in [0.15, 0.2) is 17.0 Å². The van der Waals surface area contributed by atoms with E-state index >= 15 is 0 Å². The van der Waals surface area contributed by atoms with Crippen molar-refractivity contribution in [1.82, 2.24) is 0 Å². The van der Waals surface area contributed by atoms with Gasteiger partial charge >= 0.3 is 0 Å². The van der Waals surface area contributed by atoms with Gasteiger partial charge in [-0.25, -0.2) is 13.6 Å². The molecular weight excluding hydrogens is 262 g/mol. The first-order valence-electron chi connectivity index (χ1n) is 6.48. The van der Waals surface area contributed by atoms with Crippen LogP contribution in [0.5, 0.6) is 5.75 Å². The number of hydrogen-bond donors (Lipinski definition) is 1. The molecule has 0 spiro atoms. The van der Waals surface area contributed by atoms with E-state index in [9.17, 15) is 8.42 Å². The van der Waals surface area contributed by atoms with Crippen molar-refractivity contribution in [3.8, 4) is 5.75 Å². The summed E-state index contributed by atoms with van der Waals surface area (Å²) < 4.78 is 28.8. The third-order valence-corrected chi connectivity index (χ3v) is 3.78. The highest BCUT2D eigenvalue weighted by molar-refractivity contribution is 7.89. The molecule has 108 valence electrons. The van der Waals surface area contributed by atoms with Gasteiger partial charge in [0, 0.05) is 0 Å². The predicted molar refractivity (Wildman–Crippen MR) is 76.9 cm³/mol. The first kappa shape index (κ1) is 16.0. The van der Waals surface area contributed by atoms with Crippen LogP contribution in [0.25, 0.3) is 0 Å². The van der Waals surface area contributed by atoms with Gasteiger partial charge in [0.25, 0.3) is 0 Å². The highest BCUT2D eigenvalue weighted by Crippen LogP contribution is 2.28. The molecule has 0 heterocycles. The standard InChI is InChI=1S/C14H23NO3S/c1-10(2)6-5-7-18-14-12(4)8-11(3)9-13(14)19(15,16)17/h8-10H,5-7H2,1-4H3,(H2,15,16,17). The van der Waals surface area contributed by atoms with Crippen molar-refractivity contribution >= 4 is 10.0 Å². The van der Waals surface area contributed by atoms with Gasteiger partial charge in [0.2, 0.25) is 10.0 Å². The summed E-state index contributed by atoms with van der Waals surface area (Å²) >= 11 is 0. The minimum absolute atomic E-state index is 0.0783. The second-order valence-corrected chi connectivity index (χ2v) is 6.87. The van der Waals surface area contributed by atoms with Crippen molar-refractivity contribution in [2.45, 2.75) is 45.4 Å². The summed E-state index contributed by atoms with van der Waals surface area (Å²) in [5, 5.41) is 5.24. The fraction of sp³-hybridized carbons (Fsp3) is 0.571. The predicted octanol–water partition coefficient (Wildman–Crippen LogP) is 2.77. The van der Waals surface area contributed by atoms with Gasteiger partial charge in [-0.15, -0.1) is 0 Å². The molecule has 19 heavy (non-hydrogen) atoms. The average Bonchev–Trinajstić information content (AvgIpc) is 2.24. The normalized spacial score (nSPS) is 11.9. The van der Waals surface area contributed by atoms with Crippen LogP contribution >= 0.6 is 0 Å². The van der Waals surface area contributed by atoms with E-state index in [1.54, 1.807) is 6.07 Å². The number of sulfonamides is 1.